The van der Waals surface area contributed by atoms with Crippen LogP contribution >= 0.6 is 27.5 Å². The highest BCUT2D eigenvalue weighted by Gasteiger charge is 2.29. The summed E-state index contributed by atoms with van der Waals surface area (Å²) in [7, 11) is 0. The molecule has 2 aromatic carbocycles. The molecule has 4 rings (SSSR count). The van der Waals surface area contributed by atoms with Crippen molar-refractivity contribution in [3.05, 3.63) is 63.1 Å². The summed E-state index contributed by atoms with van der Waals surface area (Å²) in [5, 5.41) is 0.843. The van der Waals surface area contributed by atoms with Crippen molar-refractivity contribution in [2.75, 3.05) is 31.1 Å². The number of benzene rings is 2. The van der Waals surface area contributed by atoms with E-state index >= 15 is 0 Å². The zero-order valence-electron chi connectivity index (χ0n) is 14.4. The lowest BCUT2D eigenvalue weighted by molar-refractivity contribution is 0.212. The number of anilines is 1. The molecule has 132 valence electrons. The second kappa shape index (κ2) is 7.69. The van der Waals surface area contributed by atoms with Crippen LogP contribution in [0.15, 0.2) is 46.9 Å². The third kappa shape index (κ3) is 4.05. The molecule has 2 heterocycles. The third-order valence-electron chi connectivity index (χ3n) is 5.58. The molecule has 0 atom stereocenters. The van der Waals surface area contributed by atoms with E-state index in [1.54, 1.807) is 0 Å². The molecule has 0 spiro atoms. The Hall–Kier alpha value is -1.03. The van der Waals surface area contributed by atoms with E-state index in [0.29, 0.717) is 6.04 Å². The lowest BCUT2D eigenvalue weighted by Gasteiger charge is -2.38. The molecule has 2 aliphatic heterocycles. The largest absolute Gasteiger partial charge is 0.368 e. The number of fused-ring (bicyclic) bond motifs is 1. The lowest BCUT2D eigenvalue weighted by atomic mass is 10.0. The highest BCUT2D eigenvalue weighted by molar-refractivity contribution is 9.10. The van der Waals surface area contributed by atoms with Gasteiger partial charge in [-0.2, -0.15) is 0 Å². The first-order valence-electron chi connectivity index (χ1n) is 9.21. The third-order valence-corrected chi connectivity index (χ3v) is 6.31. The molecule has 4 heteroatoms. The first-order chi connectivity index (χ1) is 12.2. The Morgan fingerprint density at radius 1 is 1.04 bits per heavy atom. The van der Waals surface area contributed by atoms with Crippen LogP contribution in [0.25, 0.3) is 0 Å². The normalized spacial score (nSPS) is 18.6. The molecule has 0 N–H and O–H groups in total. The SMILES string of the molecule is Clc1cccc(CCN2CCC(N3CCc4ccc(Br)cc43)CC2)c1. The van der Waals surface area contributed by atoms with Crippen molar-refractivity contribution in [1.82, 2.24) is 4.90 Å². The molecule has 2 aliphatic rings. The van der Waals surface area contributed by atoms with Crippen molar-refractivity contribution in [3.63, 3.8) is 0 Å². The maximum absolute atomic E-state index is 6.09. The van der Waals surface area contributed by atoms with Crippen molar-refractivity contribution >= 4 is 33.2 Å². The topological polar surface area (TPSA) is 6.48 Å². The van der Waals surface area contributed by atoms with Crippen LogP contribution in [0.4, 0.5) is 5.69 Å². The average molecular weight is 420 g/mol. The summed E-state index contributed by atoms with van der Waals surface area (Å²) in [6, 6.07) is 15.7. The van der Waals surface area contributed by atoms with Gasteiger partial charge in [-0.1, -0.05) is 45.7 Å². The van der Waals surface area contributed by atoms with Crippen molar-refractivity contribution in [2.24, 2.45) is 0 Å². The van der Waals surface area contributed by atoms with E-state index in [2.05, 4.69) is 56.1 Å². The van der Waals surface area contributed by atoms with Gasteiger partial charge in [0.2, 0.25) is 0 Å². The quantitative estimate of drug-likeness (QED) is 0.674. The zero-order valence-corrected chi connectivity index (χ0v) is 16.8. The van der Waals surface area contributed by atoms with Gasteiger partial charge in [-0.3, -0.25) is 0 Å². The first-order valence-corrected chi connectivity index (χ1v) is 10.4. The van der Waals surface area contributed by atoms with Crippen LogP contribution in [-0.2, 0) is 12.8 Å². The molecule has 2 aromatic rings. The predicted octanol–water partition coefficient (Wildman–Crippen LogP) is 5.17. The second-order valence-corrected chi connectivity index (χ2v) is 8.52. The van der Waals surface area contributed by atoms with Crippen molar-refractivity contribution < 1.29 is 0 Å². The molecule has 1 saturated heterocycles. The monoisotopic (exact) mass is 418 g/mol. The van der Waals surface area contributed by atoms with E-state index < -0.39 is 0 Å². The molecule has 0 aliphatic carbocycles. The number of piperidine rings is 1. The summed E-state index contributed by atoms with van der Waals surface area (Å²) in [5.74, 6) is 0. The number of rotatable bonds is 4. The lowest BCUT2D eigenvalue weighted by Crippen LogP contribution is -2.45. The summed E-state index contributed by atoms with van der Waals surface area (Å²) in [6.07, 6.45) is 4.81. The number of nitrogens with zero attached hydrogens (tertiary/aromatic N) is 2. The van der Waals surface area contributed by atoms with Gasteiger partial charge in [0.25, 0.3) is 0 Å². The van der Waals surface area contributed by atoms with Crippen LogP contribution in [0.5, 0.6) is 0 Å². The number of hydrogen-bond donors (Lipinski definition) is 0. The van der Waals surface area contributed by atoms with Gasteiger partial charge in [-0.25, -0.2) is 0 Å². The highest BCUT2D eigenvalue weighted by atomic mass is 79.9. The van der Waals surface area contributed by atoms with Gasteiger partial charge in [0.05, 0.1) is 0 Å². The molecule has 0 radical (unpaired) electrons. The molecule has 25 heavy (non-hydrogen) atoms. The van der Waals surface area contributed by atoms with Gasteiger partial charge in [-0.15, -0.1) is 0 Å². The van der Waals surface area contributed by atoms with Crippen molar-refractivity contribution in [1.29, 1.82) is 0 Å². The summed E-state index contributed by atoms with van der Waals surface area (Å²) >= 11 is 9.72. The van der Waals surface area contributed by atoms with Crippen molar-refractivity contribution in [3.8, 4) is 0 Å². The number of hydrogen-bond acceptors (Lipinski definition) is 2. The van der Waals surface area contributed by atoms with E-state index in [0.717, 1.165) is 18.0 Å². The van der Waals surface area contributed by atoms with Crippen LogP contribution < -0.4 is 4.90 Å². The minimum atomic E-state index is 0.693. The minimum absolute atomic E-state index is 0.693. The molecule has 2 nitrogen and oxygen atoms in total. The van der Waals surface area contributed by atoms with E-state index in [-0.39, 0.29) is 0 Å². The summed E-state index contributed by atoms with van der Waals surface area (Å²) in [4.78, 5) is 5.25. The summed E-state index contributed by atoms with van der Waals surface area (Å²) in [5.41, 5.74) is 4.30. The molecule has 0 aromatic heterocycles. The second-order valence-electron chi connectivity index (χ2n) is 7.17. The molecular weight excluding hydrogens is 396 g/mol. The van der Waals surface area contributed by atoms with Crippen LogP contribution in [0.2, 0.25) is 5.02 Å². The molecular formula is C21H24BrClN2. The molecule has 0 amide bonds. The smallest absolute Gasteiger partial charge is 0.0413 e. The molecule has 0 saturated carbocycles. The Balaban J connectivity index is 1.31. The van der Waals surface area contributed by atoms with Crippen LogP contribution in [0.3, 0.4) is 0 Å². The number of halogens is 2. The average Bonchev–Trinajstić information content (AvgIpc) is 3.03. The van der Waals surface area contributed by atoms with Gasteiger partial charge in [0.15, 0.2) is 0 Å². The van der Waals surface area contributed by atoms with Gasteiger partial charge >= 0.3 is 0 Å². The Kier molecular flexibility index (Phi) is 5.35. The molecule has 0 unspecified atom stereocenters. The maximum Gasteiger partial charge on any atom is 0.0413 e. The van der Waals surface area contributed by atoms with E-state index in [1.165, 1.54) is 60.2 Å². The highest BCUT2D eigenvalue weighted by Crippen LogP contribution is 2.34. The van der Waals surface area contributed by atoms with Gasteiger partial charge in [-0.05, 0) is 61.1 Å². The Labute approximate surface area is 163 Å². The Morgan fingerprint density at radius 2 is 1.88 bits per heavy atom. The fourth-order valence-corrected chi connectivity index (χ4v) is 4.75. The molecule has 1 fully saturated rings. The zero-order chi connectivity index (χ0) is 17.2. The van der Waals surface area contributed by atoms with E-state index in [1.807, 2.05) is 12.1 Å². The van der Waals surface area contributed by atoms with Crippen LogP contribution in [0.1, 0.15) is 24.0 Å². The fraction of sp³-hybridized carbons (Fsp3) is 0.429. The van der Waals surface area contributed by atoms with Crippen LogP contribution in [0, 0.1) is 0 Å². The van der Waals surface area contributed by atoms with E-state index in [4.69, 9.17) is 11.6 Å². The number of likely N-dealkylation sites (tertiary alicyclic amines) is 1. The van der Waals surface area contributed by atoms with Gasteiger partial charge < -0.3 is 9.80 Å². The van der Waals surface area contributed by atoms with Crippen molar-refractivity contribution in [2.45, 2.75) is 31.7 Å². The predicted molar refractivity (Wildman–Crippen MR) is 110 cm³/mol. The molecule has 0 bridgehead atoms. The van der Waals surface area contributed by atoms with Gasteiger partial charge in [0.1, 0.15) is 0 Å². The van der Waals surface area contributed by atoms with Crippen LogP contribution in [-0.4, -0.2) is 37.1 Å². The maximum atomic E-state index is 6.09. The Morgan fingerprint density at radius 3 is 2.68 bits per heavy atom. The van der Waals surface area contributed by atoms with Gasteiger partial charge in [0, 0.05) is 47.4 Å². The van der Waals surface area contributed by atoms with E-state index in [9.17, 15) is 0 Å². The first kappa shape index (κ1) is 17.4. The Bertz CT molecular complexity index is 740. The summed E-state index contributed by atoms with van der Waals surface area (Å²) < 4.78 is 1.19. The standard InChI is InChI=1S/C21H24BrClN2/c22-18-5-4-17-7-13-25(21(17)15-18)20-8-11-24(12-9-20)10-6-16-2-1-3-19(23)14-16/h1-5,14-15,20H,6-13H2. The minimum Gasteiger partial charge on any atom is -0.368 e. The summed E-state index contributed by atoms with van der Waals surface area (Å²) in [6.45, 7) is 4.71. The fourth-order valence-electron chi connectivity index (χ4n) is 4.19.